The van der Waals surface area contributed by atoms with Gasteiger partial charge < -0.3 is 20.5 Å². The topological polar surface area (TPSA) is 109 Å². The molecule has 1 atom stereocenters. The largest absolute Gasteiger partial charge is 0.491 e. The molecule has 1 aliphatic rings. The SMILES string of the molecule is CC1(O)C/C=C/CCOc2ccncc2NC(=O)c2ccnc(n2)NC1. The lowest BCUT2D eigenvalue weighted by Gasteiger charge is -2.22. The molecule has 0 saturated heterocycles. The van der Waals surface area contributed by atoms with Crippen molar-refractivity contribution < 1.29 is 14.6 Å². The molecular weight excluding hydrogens is 334 g/mol. The number of nitrogens with one attached hydrogen (secondary N) is 2. The molecule has 0 aromatic carbocycles. The van der Waals surface area contributed by atoms with Crippen molar-refractivity contribution >= 4 is 17.5 Å². The molecule has 8 nitrogen and oxygen atoms in total. The van der Waals surface area contributed by atoms with Gasteiger partial charge in [-0.2, -0.15) is 0 Å². The van der Waals surface area contributed by atoms with Crippen LogP contribution in [0.1, 0.15) is 30.3 Å². The van der Waals surface area contributed by atoms with Crippen LogP contribution in [0.3, 0.4) is 0 Å². The predicted molar refractivity (Wildman–Crippen MR) is 97.2 cm³/mol. The molecule has 1 amide bonds. The number of ether oxygens (including phenoxy) is 1. The van der Waals surface area contributed by atoms with Crippen LogP contribution >= 0.6 is 0 Å². The highest BCUT2D eigenvalue weighted by Crippen LogP contribution is 2.23. The van der Waals surface area contributed by atoms with Gasteiger partial charge in [0.05, 0.1) is 18.4 Å². The lowest BCUT2D eigenvalue weighted by molar-refractivity contribution is 0.0767. The molecule has 1 unspecified atom stereocenters. The molecule has 0 fully saturated rings. The van der Waals surface area contributed by atoms with Gasteiger partial charge in [-0.3, -0.25) is 9.78 Å². The Morgan fingerprint density at radius 3 is 3.04 bits per heavy atom. The first-order chi connectivity index (χ1) is 12.5. The fraction of sp³-hybridized carbons (Fsp3) is 0.333. The molecule has 8 heteroatoms. The quantitative estimate of drug-likeness (QED) is 0.620. The number of carbonyl (C=O) groups excluding carboxylic acids is 1. The number of anilines is 2. The summed E-state index contributed by atoms with van der Waals surface area (Å²) < 4.78 is 5.73. The summed E-state index contributed by atoms with van der Waals surface area (Å²) in [6.45, 7) is 2.43. The van der Waals surface area contributed by atoms with Crippen molar-refractivity contribution in [3.8, 4) is 5.75 Å². The van der Waals surface area contributed by atoms with E-state index in [0.717, 1.165) is 0 Å². The Labute approximate surface area is 151 Å². The highest BCUT2D eigenvalue weighted by atomic mass is 16.5. The van der Waals surface area contributed by atoms with Crippen molar-refractivity contribution in [3.05, 3.63) is 48.6 Å². The van der Waals surface area contributed by atoms with Gasteiger partial charge >= 0.3 is 0 Å². The molecule has 2 aromatic rings. The maximum Gasteiger partial charge on any atom is 0.274 e. The number of hydrogen-bond donors (Lipinski definition) is 3. The maximum absolute atomic E-state index is 12.5. The molecule has 3 heterocycles. The predicted octanol–water partition coefficient (Wildman–Crippen LogP) is 2.02. The van der Waals surface area contributed by atoms with Gasteiger partial charge in [0.15, 0.2) is 0 Å². The third kappa shape index (κ3) is 4.76. The monoisotopic (exact) mass is 355 g/mol. The standard InChI is InChI=1S/C18H21N5O3/c1-18(25)7-3-2-4-10-26-15-6-8-19-11-14(15)22-16(24)13-5-9-20-17(23-13)21-12-18/h2-3,5-6,8-9,11,25H,4,7,10,12H2,1H3,(H,22,24)(H,20,21,23)/b3-2+. The summed E-state index contributed by atoms with van der Waals surface area (Å²) in [6.07, 6.45) is 9.65. The van der Waals surface area contributed by atoms with Crippen molar-refractivity contribution in [1.82, 2.24) is 15.0 Å². The number of aromatic nitrogens is 3. The molecule has 0 saturated carbocycles. The summed E-state index contributed by atoms with van der Waals surface area (Å²) in [7, 11) is 0. The fourth-order valence-corrected chi connectivity index (χ4v) is 2.39. The van der Waals surface area contributed by atoms with Gasteiger partial charge in [0, 0.05) is 25.0 Å². The summed E-state index contributed by atoms with van der Waals surface area (Å²) in [6, 6.07) is 3.21. The average molecular weight is 355 g/mol. The lowest BCUT2D eigenvalue weighted by atomic mass is 10.0. The fourth-order valence-electron chi connectivity index (χ4n) is 2.39. The Kier molecular flexibility index (Phi) is 5.43. The number of nitrogens with zero attached hydrogens (tertiary/aromatic N) is 3. The summed E-state index contributed by atoms with van der Waals surface area (Å²) >= 11 is 0. The number of carbonyl (C=O) groups is 1. The van der Waals surface area contributed by atoms with Crippen molar-refractivity contribution in [3.63, 3.8) is 0 Å². The minimum Gasteiger partial charge on any atom is -0.491 e. The highest BCUT2D eigenvalue weighted by Gasteiger charge is 2.19. The Bertz CT molecular complexity index is 807. The molecule has 1 aliphatic heterocycles. The Morgan fingerprint density at radius 2 is 2.15 bits per heavy atom. The first kappa shape index (κ1) is 17.8. The molecule has 0 aliphatic carbocycles. The zero-order valence-corrected chi connectivity index (χ0v) is 14.5. The maximum atomic E-state index is 12.5. The van der Waals surface area contributed by atoms with Crippen LogP contribution in [0.5, 0.6) is 5.75 Å². The molecular formula is C18H21N5O3. The molecule has 0 radical (unpaired) electrons. The Hall–Kier alpha value is -3.00. The van der Waals surface area contributed by atoms with E-state index in [0.29, 0.717) is 30.9 Å². The van der Waals surface area contributed by atoms with E-state index in [2.05, 4.69) is 25.6 Å². The van der Waals surface area contributed by atoms with E-state index in [4.69, 9.17) is 4.74 Å². The van der Waals surface area contributed by atoms with Gasteiger partial charge in [-0.15, -0.1) is 0 Å². The molecule has 0 spiro atoms. The third-order valence-corrected chi connectivity index (χ3v) is 3.81. The van der Waals surface area contributed by atoms with Crippen LogP contribution in [0.2, 0.25) is 0 Å². The number of β-amino-alcohol motifs (C(OH)–C–C–N with tert-alkyl or cyclic N) is 1. The van der Waals surface area contributed by atoms with Gasteiger partial charge in [-0.1, -0.05) is 12.2 Å². The second-order valence-electron chi connectivity index (χ2n) is 6.25. The zero-order valence-electron chi connectivity index (χ0n) is 14.5. The van der Waals surface area contributed by atoms with Gasteiger partial charge in [0.2, 0.25) is 5.95 Å². The summed E-state index contributed by atoms with van der Waals surface area (Å²) in [5, 5.41) is 16.1. The number of rotatable bonds is 0. The Morgan fingerprint density at radius 1 is 1.27 bits per heavy atom. The number of fused-ring (bicyclic) bond motifs is 3. The minimum atomic E-state index is -0.964. The Balaban J connectivity index is 1.88. The molecule has 3 rings (SSSR count). The number of pyridine rings is 1. The summed E-state index contributed by atoms with van der Waals surface area (Å²) in [5.41, 5.74) is -0.289. The summed E-state index contributed by atoms with van der Waals surface area (Å²) in [5.74, 6) is 0.414. The van der Waals surface area contributed by atoms with Crippen LogP contribution in [0.15, 0.2) is 42.9 Å². The number of hydrogen-bond acceptors (Lipinski definition) is 7. The van der Waals surface area contributed by atoms with Crippen molar-refractivity contribution in [2.24, 2.45) is 0 Å². The minimum absolute atomic E-state index is 0.198. The second kappa shape index (κ2) is 7.92. The third-order valence-electron chi connectivity index (χ3n) is 3.81. The number of amides is 1. The second-order valence-corrected chi connectivity index (χ2v) is 6.25. The van der Waals surface area contributed by atoms with Crippen LogP contribution in [0, 0.1) is 0 Å². The first-order valence-corrected chi connectivity index (χ1v) is 8.36. The van der Waals surface area contributed by atoms with Crippen LogP contribution < -0.4 is 15.4 Å². The zero-order chi connectivity index (χ0) is 18.4. The smallest absolute Gasteiger partial charge is 0.274 e. The molecule has 26 heavy (non-hydrogen) atoms. The number of aliphatic hydroxyl groups is 1. The first-order valence-electron chi connectivity index (χ1n) is 8.36. The van der Waals surface area contributed by atoms with Gasteiger partial charge in [0.25, 0.3) is 5.91 Å². The highest BCUT2D eigenvalue weighted by molar-refractivity contribution is 6.03. The van der Waals surface area contributed by atoms with E-state index in [1.54, 1.807) is 19.2 Å². The van der Waals surface area contributed by atoms with Gasteiger partial charge in [0.1, 0.15) is 17.1 Å². The van der Waals surface area contributed by atoms with Crippen molar-refractivity contribution in [1.29, 1.82) is 0 Å². The van der Waals surface area contributed by atoms with E-state index in [-0.39, 0.29) is 18.2 Å². The normalized spacial score (nSPS) is 22.3. The van der Waals surface area contributed by atoms with Crippen LogP contribution in [-0.4, -0.2) is 44.7 Å². The van der Waals surface area contributed by atoms with Gasteiger partial charge in [-0.25, -0.2) is 9.97 Å². The molecule has 2 bridgehead atoms. The van der Waals surface area contributed by atoms with E-state index in [1.165, 1.54) is 18.5 Å². The van der Waals surface area contributed by atoms with Crippen LogP contribution in [0.25, 0.3) is 0 Å². The van der Waals surface area contributed by atoms with E-state index >= 15 is 0 Å². The lowest BCUT2D eigenvalue weighted by Crippen LogP contribution is -2.33. The van der Waals surface area contributed by atoms with Gasteiger partial charge in [-0.05, 0) is 25.8 Å². The van der Waals surface area contributed by atoms with Crippen LogP contribution in [0.4, 0.5) is 11.6 Å². The van der Waals surface area contributed by atoms with E-state index in [1.807, 2.05) is 12.2 Å². The summed E-state index contributed by atoms with van der Waals surface area (Å²) in [4.78, 5) is 24.8. The van der Waals surface area contributed by atoms with Crippen molar-refractivity contribution in [2.75, 3.05) is 23.8 Å². The van der Waals surface area contributed by atoms with E-state index < -0.39 is 11.5 Å². The van der Waals surface area contributed by atoms with E-state index in [9.17, 15) is 9.90 Å². The molecule has 2 aromatic heterocycles. The molecule has 136 valence electrons. The average Bonchev–Trinajstić information content (AvgIpc) is 2.64. The van der Waals surface area contributed by atoms with Crippen molar-refractivity contribution in [2.45, 2.75) is 25.4 Å². The molecule has 3 N–H and O–H groups in total. The van der Waals surface area contributed by atoms with Crippen LogP contribution in [-0.2, 0) is 0 Å².